The van der Waals surface area contributed by atoms with Crippen molar-refractivity contribution in [3.8, 4) is 5.88 Å². The Morgan fingerprint density at radius 1 is 1.08 bits per heavy atom. The van der Waals surface area contributed by atoms with E-state index in [0.717, 1.165) is 0 Å². The lowest BCUT2D eigenvalue weighted by Gasteiger charge is -2.32. The van der Waals surface area contributed by atoms with Crippen LogP contribution in [-0.4, -0.2) is 46.2 Å². The molecule has 0 saturated carbocycles. The maximum atomic E-state index is 12.8. The lowest BCUT2D eigenvalue weighted by atomic mass is 10.0. The summed E-state index contributed by atoms with van der Waals surface area (Å²) in [6.45, 7) is 0.971. The monoisotopic (exact) mass is 350 g/mol. The fraction of sp³-hybridized carbons (Fsp3) is 0.263. The SMILES string of the molecule is O=C(N[C@@H]1CCOC[C@H]1Oc1ccccn1)c1cccc2nccnc12. The van der Waals surface area contributed by atoms with Crippen LogP contribution in [0.2, 0.25) is 0 Å². The predicted octanol–water partition coefficient (Wildman–Crippen LogP) is 1.99. The lowest BCUT2D eigenvalue weighted by molar-refractivity contribution is -0.0152. The molecule has 3 aromatic rings. The van der Waals surface area contributed by atoms with Crippen LogP contribution in [-0.2, 0) is 4.74 Å². The molecule has 132 valence electrons. The number of hydrogen-bond donors (Lipinski definition) is 1. The van der Waals surface area contributed by atoms with Crippen LogP contribution in [0.5, 0.6) is 5.88 Å². The summed E-state index contributed by atoms with van der Waals surface area (Å²) < 4.78 is 11.4. The van der Waals surface area contributed by atoms with Gasteiger partial charge in [-0.1, -0.05) is 12.1 Å². The van der Waals surface area contributed by atoms with Gasteiger partial charge in [0.15, 0.2) is 0 Å². The Balaban J connectivity index is 1.53. The van der Waals surface area contributed by atoms with E-state index in [9.17, 15) is 4.79 Å². The van der Waals surface area contributed by atoms with Crippen molar-refractivity contribution in [1.82, 2.24) is 20.3 Å². The minimum Gasteiger partial charge on any atom is -0.470 e. The van der Waals surface area contributed by atoms with Gasteiger partial charge in [-0.15, -0.1) is 0 Å². The lowest BCUT2D eigenvalue weighted by Crippen LogP contribution is -2.51. The highest BCUT2D eigenvalue weighted by Crippen LogP contribution is 2.18. The maximum Gasteiger partial charge on any atom is 0.253 e. The van der Waals surface area contributed by atoms with Gasteiger partial charge >= 0.3 is 0 Å². The zero-order chi connectivity index (χ0) is 17.8. The third kappa shape index (κ3) is 3.48. The second-order valence-corrected chi connectivity index (χ2v) is 6.00. The van der Waals surface area contributed by atoms with Crippen LogP contribution in [0.15, 0.2) is 55.0 Å². The molecule has 1 N–H and O–H groups in total. The minimum absolute atomic E-state index is 0.176. The molecule has 1 fully saturated rings. The number of para-hydroxylation sites is 1. The smallest absolute Gasteiger partial charge is 0.253 e. The van der Waals surface area contributed by atoms with Crippen molar-refractivity contribution < 1.29 is 14.3 Å². The van der Waals surface area contributed by atoms with Gasteiger partial charge in [0.05, 0.1) is 23.7 Å². The number of hydrogen-bond acceptors (Lipinski definition) is 6. The second-order valence-electron chi connectivity index (χ2n) is 6.00. The van der Waals surface area contributed by atoms with Crippen molar-refractivity contribution in [3.05, 3.63) is 60.6 Å². The largest absolute Gasteiger partial charge is 0.470 e. The summed E-state index contributed by atoms with van der Waals surface area (Å²) in [4.78, 5) is 25.5. The first kappa shape index (κ1) is 16.4. The van der Waals surface area contributed by atoms with Gasteiger partial charge in [0.1, 0.15) is 11.6 Å². The Hall–Kier alpha value is -3.06. The summed E-state index contributed by atoms with van der Waals surface area (Å²) in [5.41, 5.74) is 1.77. The van der Waals surface area contributed by atoms with Crippen molar-refractivity contribution >= 4 is 16.9 Å². The number of benzene rings is 1. The molecule has 1 aliphatic heterocycles. The first-order valence-electron chi connectivity index (χ1n) is 8.47. The van der Waals surface area contributed by atoms with Gasteiger partial charge in [-0.05, 0) is 24.6 Å². The summed E-state index contributed by atoms with van der Waals surface area (Å²) in [5.74, 6) is 0.316. The van der Waals surface area contributed by atoms with Gasteiger partial charge < -0.3 is 14.8 Å². The molecule has 0 unspecified atom stereocenters. The highest BCUT2D eigenvalue weighted by Gasteiger charge is 2.30. The van der Waals surface area contributed by atoms with Crippen LogP contribution in [0.3, 0.4) is 0 Å². The molecule has 0 spiro atoms. The van der Waals surface area contributed by atoms with Crippen molar-refractivity contribution in [3.63, 3.8) is 0 Å². The van der Waals surface area contributed by atoms with Crippen LogP contribution < -0.4 is 10.1 Å². The molecule has 4 rings (SSSR count). The zero-order valence-electron chi connectivity index (χ0n) is 14.0. The Kier molecular flexibility index (Phi) is 4.70. The summed E-state index contributed by atoms with van der Waals surface area (Å²) in [7, 11) is 0. The van der Waals surface area contributed by atoms with Crippen LogP contribution in [0.1, 0.15) is 16.8 Å². The molecule has 1 aliphatic rings. The van der Waals surface area contributed by atoms with Crippen LogP contribution in [0, 0.1) is 0 Å². The van der Waals surface area contributed by atoms with Crippen molar-refractivity contribution in [1.29, 1.82) is 0 Å². The number of ether oxygens (including phenoxy) is 2. The minimum atomic E-state index is -0.302. The van der Waals surface area contributed by atoms with E-state index in [-0.39, 0.29) is 18.1 Å². The van der Waals surface area contributed by atoms with E-state index >= 15 is 0 Å². The van der Waals surface area contributed by atoms with Gasteiger partial charge in [-0.2, -0.15) is 0 Å². The highest BCUT2D eigenvalue weighted by atomic mass is 16.5. The summed E-state index contributed by atoms with van der Waals surface area (Å²) >= 11 is 0. The standard InChI is InChI=1S/C19H18N4O3/c24-19(13-4-3-5-15-18(13)22-10-9-20-15)23-14-7-11-25-12-16(14)26-17-6-1-2-8-21-17/h1-6,8-10,14,16H,7,11-12H2,(H,23,24)/t14-,16-/m1/s1. The zero-order valence-corrected chi connectivity index (χ0v) is 14.0. The number of carbonyl (C=O) groups is 1. The van der Waals surface area contributed by atoms with E-state index in [1.54, 1.807) is 36.8 Å². The molecule has 26 heavy (non-hydrogen) atoms. The topological polar surface area (TPSA) is 86.2 Å². The van der Waals surface area contributed by atoms with Gasteiger partial charge in [0.2, 0.25) is 5.88 Å². The highest BCUT2D eigenvalue weighted by molar-refractivity contribution is 6.04. The Labute approximate surface area is 150 Å². The third-order valence-corrected chi connectivity index (χ3v) is 4.27. The molecule has 3 heterocycles. The molecule has 1 amide bonds. The van der Waals surface area contributed by atoms with Crippen LogP contribution >= 0.6 is 0 Å². The van der Waals surface area contributed by atoms with E-state index in [1.807, 2.05) is 18.2 Å². The van der Waals surface area contributed by atoms with Crippen molar-refractivity contribution in [2.24, 2.45) is 0 Å². The average molecular weight is 350 g/mol. The number of nitrogens with one attached hydrogen (secondary N) is 1. The molecule has 7 nitrogen and oxygen atoms in total. The molecule has 0 aliphatic carbocycles. The van der Waals surface area contributed by atoms with Gasteiger partial charge in [0, 0.05) is 31.3 Å². The molecule has 1 saturated heterocycles. The van der Waals surface area contributed by atoms with Crippen molar-refractivity contribution in [2.75, 3.05) is 13.2 Å². The first-order chi connectivity index (χ1) is 12.8. The molecule has 0 radical (unpaired) electrons. The number of carbonyl (C=O) groups excluding carboxylic acids is 1. The molecular weight excluding hydrogens is 332 g/mol. The molecular formula is C19H18N4O3. The number of fused-ring (bicyclic) bond motifs is 1. The van der Waals surface area contributed by atoms with E-state index in [1.165, 1.54) is 0 Å². The summed E-state index contributed by atoms with van der Waals surface area (Å²) in [5, 5.41) is 3.06. The van der Waals surface area contributed by atoms with Gasteiger partial charge in [-0.3, -0.25) is 14.8 Å². The maximum absolute atomic E-state index is 12.8. The molecule has 1 aromatic carbocycles. The first-order valence-corrected chi connectivity index (χ1v) is 8.47. The fourth-order valence-corrected chi connectivity index (χ4v) is 2.99. The Bertz CT molecular complexity index is 898. The number of rotatable bonds is 4. The number of aromatic nitrogens is 3. The molecule has 2 aromatic heterocycles. The van der Waals surface area contributed by atoms with E-state index in [0.29, 0.717) is 42.1 Å². The molecule has 7 heteroatoms. The van der Waals surface area contributed by atoms with Crippen LogP contribution in [0.25, 0.3) is 11.0 Å². The summed E-state index contributed by atoms with van der Waals surface area (Å²) in [6, 6.07) is 10.7. The van der Waals surface area contributed by atoms with Gasteiger partial charge in [0.25, 0.3) is 5.91 Å². The molecule has 0 bridgehead atoms. The normalized spacial score (nSPS) is 19.8. The van der Waals surface area contributed by atoms with Crippen LogP contribution in [0.4, 0.5) is 0 Å². The quantitative estimate of drug-likeness (QED) is 0.774. The van der Waals surface area contributed by atoms with Crippen molar-refractivity contribution in [2.45, 2.75) is 18.6 Å². The van der Waals surface area contributed by atoms with Gasteiger partial charge in [-0.25, -0.2) is 4.98 Å². The fourth-order valence-electron chi connectivity index (χ4n) is 2.99. The predicted molar refractivity (Wildman–Crippen MR) is 94.9 cm³/mol. The number of amides is 1. The Morgan fingerprint density at radius 2 is 2.00 bits per heavy atom. The Morgan fingerprint density at radius 3 is 2.88 bits per heavy atom. The van der Waals surface area contributed by atoms with E-state index in [4.69, 9.17) is 9.47 Å². The average Bonchev–Trinajstić information content (AvgIpc) is 2.70. The number of pyridine rings is 1. The second kappa shape index (κ2) is 7.45. The third-order valence-electron chi connectivity index (χ3n) is 4.27. The van der Waals surface area contributed by atoms with E-state index < -0.39 is 0 Å². The molecule has 2 atom stereocenters. The number of nitrogens with zero attached hydrogens (tertiary/aromatic N) is 3. The summed E-state index contributed by atoms with van der Waals surface area (Å²) in [6.07, 6.45) is 5.23. The van der Waals surface area contributed by atoms with E-state index in [2.05, 4.69) is 20.3 Å².